The molecule has 1 N–H and O–H groups in total. The molecule has 0 bridgehead atoms. The van der Waals surface area contributed by atoms with Gasteiger partial charge in [-0.15, -0.1) is 0 Å². The van der Waals surface area contributed by atoms with E-state index in [-0.39, 0.29) is 11.6 Å². The minimum atomic E-state index is -0.226. The lowest BCUT2D eigenvalue weighted by atomic mass is 9.71. The molecule has 2 aliphatic rings. The van der Waals surface area contributed by atoms with Gasteiger partial charge in [-0.3, -0.25) is 0 Å². The van der Waals surface area contributed by atoms with E-state index in [4.69, 9.17) is 21.6 Å². The molecule has 0 saturated carbocycles. The summed E-state index contributed by atoms with van der Waals surface area (Å²) >= 11 is 6.17. The summed E-state index contributed by atoms with van der Waals surface area (Å²) in [6.07, 6.45) is 1.06. The molecule has 0 aromatic heterocycles. The summed E-state index contributed by atoms with van der Waals surface area (Å²) in [5.74, 6) is 0.335. The first-order valence-electron chi connectivity index (χ1n) is 7.82. The van der Waals surface area contributed by atoms with Crippen LogP contribution in [0.1, 0.15) is 36.1 Å². The van der Waals surface area contributed by atoms with Gasteiger partial charge in [0.15, 0.2) is 0 Å². The van der Waals surface area contributed by atoms with Crippen molar-refractivity contribution in [2.75, 3.05) is 11.9 Å². The Balaban J connectivity index is 1.82. The van der Waals surface area contributed by atoms with Crippen LogP contribution in [0.2, 0.25) is 5.02 Å². The van der Waals surface area contributed by atoms with Crippen LogP contribution in [0.25, 0.3) is 0 Å². The number of nitrogens with one attached hydrogen (secondary N) is 1. The molecule has 2 aromatic rings. The first-order valence-corrected chi connectivity index (χ1v) is 8.19. The monoisotopic (exact) mass is 324 g/mol. The number of hydrogen-bond acceptors (Lipinski definition) is 3. The van der Waals surface area contributed by atoms with Crippen LogP contribution in [0.4, 0.5) is 5.69 Å². The van der Waals surface area contributed by atoms with Gasteiger partial charge in [0.1, 0.15) is 0 Å². The Morgan fingerprint density at radius 2 is 2.04 bits per heavy atom. The number of fused-ring (bicyclic) bond motifs is 3. The number of nitrogens with zero attached hydrogens (tertiary/aromatic N) is 1. The molecule has 116 valence electrons. The van der Waals surface area contributed by atoms with E-state index in [1.807, 2.05) is 42.5 Å². The Labute approximate surface area is 140 Å². The van der Waals surface area contributed by atoms with Crippen molar-refractivity contribution in [1.82, 2.24) is 0 Å². The minimum Gasteiger partial charge on any atom is -0.375 e. The van der Waals surface area contributed by atoms with E-state index in [1.165, 1.54) is 5.56 Å². The third-order valence-electron chi connectivity index (χ3n) is 5.16. The zero-order valence-corrected chi connectivity index (χ0v) is 13.6. The highest BCUT2D eigenvalue weighted by atomic mass is 35.5. The highest BCUT2D eigenvalue weighted by Crippen LogP contribution is 2.53. The molecule has 2 heterocycles. The zero-order valence-electron chi connectivity index (χ0n) is 12.8. The van der Waals surface area contributed by atoms with Gasteiger partial charge in [0, 0.05) is 28.8 Å². The summed E-state index contributed by atoms with van der Waals surface area (Å²) in [5, 5.41) is 13.5. The van der Waals surface area contributed by atoms with Gasteiger partial charge in [0.2, 0.25) is 0 Å². The number of anilines is 1. The second-order valence-corrected chi connectivity index (χ2v) is 6.87. The van der Waals surface area contributed by atoms with Crippen molar-refractivity contribution in [3.8, 4) is 6.07 Å². The largest absolute Gasteiger partial charge is 0.375 e. The van der Waals surface area contributed by atoms with E-state index in [9.17, 15) is 0 Å². The normalized spacial score (nSPS) is 28.4. The van der Waals surface area contributed by atoms with E-state index in [2.05, 4.69) is 18.3 Å². The summed E-state index contributed by atoms with van der Waals surface area (Å²) in [6, 6.07) is 16.0. The van der Waals surface area contributed by atoms with E-state index in [0.29, 0.717) is 11.5 Å². The number of benzene rings is 2. The van der Waals surface area contributed by atoms with Crippen LogP contribution in [-0.2, 0) is 10.3 Å². The number of ether oxygens (including phenoxy) is 1. The average molecular weight is 325 g/mol. The lowest BCUT2D eigenvalue weighted by molar-refractivity contribution is 0.0686. The van der Waals surface area contributed by atoms with Crippen LogP contribution < -0.4 is 5.32 Å². The Hall–Kier alpha value is -2.02. The van der Waals surface area contributed by atoms with Crippen LogP contribution in [0, 0.1) is 17.2 Å². The molecule has 0 unspecified atom stereocenters. The second-order valence-electron chi connectivity index (χ2n) is 6.43. The van der Waals surface area contributed by atoms with Crippen LogP contribution >= 0.6 is 11.6 Å². The number of nitriles is 1. The Bertz CT molecular complexity index is 796. The molecule has 1 saturated heterocycles. The molecule has 1 fully saturated rings. The molecule has 0 spiro atoms. The highest BCUT2D eigenvalue weighted by molar-refractivity contribution is 6.30. The lowest BCUT2D eigenvalue weighted by Gasteiger charge is -2.45. The maximum absolute atomic E-state index is 9.01. The van der Waals surface area contributed by atoms with Gasteiger partial charge in [0.05, 0.1) is 23.3 Å². The maximum Gasteiger partial charge on any atom is 0.0991 e. The molecule has 0 aliphatic carbocycles. The molecular formula is C19H17ClN2O. The van der Waals surface area contributed by atoms with E-state index >= 15 is 0 Å². The highest BCUT2D eigenvalue weighted by Gasteiger charge is 2.48. The molecule has 23 heavy (non-hydrogen) atoms. The quantitative estimate of drug-likeness (QED) is 0.831. The van der Waals surface area contributed by atoms with Crippen molar-refractivity contribution < 1.29 is 4.74 Å². The average Bonchev–Trinajstić information content (AvgIpc) is 3.07. The summed E-state index contributed by atoms with van der Waals surface area (Å²) in [7, 11) is 0. The van der Waals surface area contributed by atoms with Gasteiger partial charge in [-0.1, -0.05) is 23.7 Å². The summed E-state index contributed by atoms with van der Waals surface area (Å²) in [6.45, 7) is 2.98. The van der Waals surface area contributed by atoms with E-state index in [1.54, 1.807) is 0 Å². The van der Waals surface area contributed by atoms with Crippen molar-refractivity contribution >= 4 is 17.3 Å². The standard InChI is InChI=1S/C19H17ClN2O/c1-19(13-4-2-12(11-21)3-5-13)16-8-9-23-18(16)15-10-14(20)6-7-17(15)22-19/h2-7,10,16,18,22H,8-9H2,1H3/t16-,18+,19-/m0/s1. The minimum absolute atomic E-state index is 0.0607. The van der Waals surface area contributed by atoms with Gasteiger partial charge in [-0.2, -0.15) is 5.26 Å². The maximum atomic E-state index is 9.01. The van der Waals surface area contributed by atoms with Crippen molar-refractivity contribution in [1.29, 1.82) is 5.26 Å². The smallest absolute Gasteiger partial charge is 0.0991 e. The molecule has 3 nitrogen and oxygen atoms in total. The fourth-order valence-corrected chi connectivity index (χ4v) is 4.10. The van der Waals surface area contributed by atoms with Gasteiger partial charge < -0.3 is 10.1 Å². The lowest BCUT2D eigenvalue weighted by Crippen LogP contribution is -2.44. The Morgan fingerprint density at radius 3 is 2.78 bits per heavy atom. The predicted octanol–water partition coefficient (Wildman–Crippen LogP) is 4.63. The molecule has 2 aliphatic heterocycles. The van der Waals surface area contributed by atoms with Gasteiger partial charge in [-0.05, 0) is 49.2 Å². The molecule has 4 rings (SSSR count). The first-order chi connectivity index (χ1) is 11.1. The Kier molecular flexibility index (Phi) is 3.33. The fourth-order valence-electron chi connectivity index (χ4n) is 3.92. The second kappa shape index (κ2) is 5.26. The molecule has 4 heteroatoms. The van der Waals surface area contributed by atoms with Gasteiger partial charge >= 0.3 is 0 Å². The molecule has 3 atom stereocenters. The SMILES string of the molecule is C[C@@]1(c2ccc(C#N)cc2)Nc2ccc(Cl)cc2[C@H]2OCC[C@@H]21. The molecule has 2 aromatic carbocycles. The Morgan fingerprint density at radius 1 is 1.26 bits per heavy atom. The van der Waals surface area contributed by atoms with E-state index in [0.717, 1.165) is 29.3 Å². The van der Waals surface area contributed by atoms with Crippen LogP contribution in [-0.4, -0.2) is 6.61 Å². The number of halogens is 1. The number of hydrogen-bond donors (Lipinski definition) is 1. The van der Waals surface area contributed by atoms with Crippen LogP contribution in [0.5, 0.6) is 0 Å². The third-order valence-corrected chi connectivity index (χ3v) is 5.40. The fraction of sp³-hybridized carbons (Fsp3) is 0.316. The predicted molar refractivity (Wildman–Crippen MR) is 90.4 cm³/mol. The topological polar surface area (TPSA) is 45.0 Å². The van der Waals surface area contributed by atoms with Crippen LogP contribution in [0.3, 0.4) is 0 Å². The summed E-state index contributed by atoms with van der Waals surface area (Å²) < 4.78 is 6.05. The third kappa shape index (κ3) is 2.22. The number of rotatable bonds is 1. The molecule has 0 radical (unpaired) electrons. The molecule has 0 amide bonds. The first kappa shape index (κ1) is 14.6. The van der Waals surface area contributed by atoms with Crippen molar-refractivity contribution in [2.24, 2.45) is 5.92 Å². The van der Waals surface area contributed by atoms with E-state index < -0.39 is 0 Å². The van der Waals surface area contributed by atoms with Crippen molar-refractivity contribution in [3.63, 3.8) is 0 Å². The molecular weight excluding hydrogens is 308 g/mol. The zero-order chi connectivity index (χ0) is 16.0. The summed E-state index contributed by atoms with van der Waals surface area (Å²) in [4.78, 5) is 0. The van der Waals surface area contributed by atoms with Gasteiger partial charge in [0.25, 0.3) is 0 Å². The van der Waals surface area contributed by atoms with Crippen molar-refractivity contribution in [2.45, 2.75) is 25.0 Å². The van der Waals surface area contributed by atoms with Gasteiger partial charge in [-0.25, -0.2) is 0 Å². The van der Waals surface area contributed by atoms with Crippen LogP contribution in [0.15, 0.2) is 42.5 Å². The van der Waals surface area contributed by atoms with Crippen molar-refractivity contribution in [3.05, 3.63) is 64.2 Å². The summed E-state index contributed by atoms with van der Waals surface area (Å²) in [5.41, 5.74) is 3.85.